The molecule has 0 aliphatic heterocycles. The number of benzene rings is 1. The van der Waals surface area contributed by atoms with Crippen molar-refractivity contribution in [3.8, 4) is 0 Å². The number of rotatable bonds is 5. The summed E-state index contributed by atoms with van der Waals surface area (Å²) in [4.78, 5) is -0.432. The van der Waals surface area contributed by atoms with Crippen LogP contribution >= 0.6 is 11.6 Å². The number of nitrogens with one attached hydrogen (secondary N) is 1. The first-order valence-corrected chi connectivity index (χ1v) is 9.49. The lowest BCUT2D eigenvalue weighted by molar-refractivity contribution is 0.246. The minimum absolute atomic E-state index is 0.0707. The second-order valence-electron chi connectivity index (χ2n) is 4.91. The highest BCUT2D eigenvalue weighted by Crippen LogP contribution is 2.37. The van der Waals surface area contributed by atoms with Crippen molar-refractivity contribution in [3.63, 3.8) is 0 Å². The Morgan fingerprint density at radius 1 is 1.30 bits per heavy atom. The Morgan fingerprint density at radius 3 is 2.35 bits per heavy atom. The largest absolute Gasteiger partial charge is 0.394 e. The predicted molar refractivity (Wildman–Crippen MR) is 73.9 cm³/mol. The lowest BCUT2D eigenvalue weighted by Gasteiger charge is -2.15. The molecular formula is C11H14ClNO5S2. The first-order chi connectivity index (χ1) is 9.10. The minimum Gasteiger partial charge on any atom is -0.394 e. The van der Waals surface area contributed by atoms with Gasteiger partial charge in [0.2, 0.25) is 10.0 Å². The van der Waals surface area contributed by atoms with Gasteiger partial charge in [0.25, 0.3) is 0 Å². The second kappa shape index (κ2) is 4.96. The molecular weight excluding hydrogens is 326 g/mol. The summed E-state index contributed by atoms with van der Waals surface area (Å²) in [7, 11) is -7.52. The van der Waals surface area contributed by atoms with Crippen LogP contribution in [0.15, 0.2) is 28.0 Å². The third-order valence-electron chi connectivity index (χ3n) is 3.13. The lowest BCUT2D eigenvalue weighted by atomic mass is 10.3. The number of aliphatic hydroxyl groups is 1. The summed E-state index contributed by atoms with van der Waals surface area (Å²) in [5.41, 5.74) is -0.844. The highest BCUT2D eigenvalue weighted by atomic mass is 35.5. The standard InChI is InChI=1S/C11H14ClNO5S2/c1-19(15,16)8-2-3-9(12)10(6-8)20(17,18)13-11(7-14)4-5-11/h2-3,6,13-14H,4-5,7H2,1H3. The number of sulfone groups is 1. The van der Waals surface area contributed by atoms with Crippen LogP contribution in [0.5, 0.6) is 0 Å². The van der Waals surface area contributed by atoms with Crippen molar-refractivity contribution in [2.24, 2.45) is 0 Å². The summed E-state index contributed by atoms with van der Waals surface area (Å²) in [6.07, 6.45) is 2.05. The smallest absolute Gasteiger partial charge is 0.242 e. The first-order valence-electron chi connectivity index (χ1n) is 5.74. The molecule has 9 heteroatoms. The molecule has 2 rings (SSSR count). The maximum absolute atomic E-state index is 12.2. The van der Waals surface area contributed by atoms with E-state index in [1.54, 1.807) is 0 Å². The Kier molecular flexibility index (Phi) is 3.89. The number of halogens is 1. The molecule has 0 amide bonds. The number of hydrogen-bond acceptors (Lipinski definition) is 5. The van der Waals surface area contributed by atoms with E-state index < -0.39 is 25.4 Å². The van der Waals surface area contributed by atoms with Crippen molar-refractivity contribution in [1.29, 1.82) is 0 Å². The minimum atomic E-state index is -3.99. The van der Waals surface area contributed by atoms with Crippen LogP contribution in [0, 0.1) is 0 Å². The zero-order valence-corrected chi connectivity index (χ0v) is 13.0. The predicted octanol–water partition coefficient (Wildman–Crippen LogP) is 0.547. The average molecular weight is 340 g/mol. The van der Waals surface area contributed by atoms with Gasteiger partial charge in [0.1, 0.15) is 4.90 Å². The van der Waals surface area contributed by atoms with E-state index in [2.05, 4.69) is 4.72 Å². The monoisotopic (exact) mass is 339 g/mol. The zero-order valence-electron chi connectivity index (χ0n) is 10.6. The highest BCUT2D eigenvalue weighted by molar-refractivity contribution is 7.91. The van der Waals surface area contributed by atoms with Gasteiger partial charge in [0, 0.05) is 6.26 Å². The van der Waals surface area contributed by atoms with Gasteiger partial charge < -0.3 is 5.11 Å². The molecule has 1 aromatic carbocycles. The Bertz CT molecular complexity index is 738. The van der Waals surface area contributed by atoms with Gasteiger partial charge in [-0.25, -0.2) is 21.6 Å². The summed E-state index contributed by atoms with van der Waals surface area (Å²) >= 11 is 5.85. The summed E-state index contributed by atoms with van der Waals surface area (Å²) in [6, 6.07) is 3.49. The van der Waals surface area contributed by atoms with Gasteiger partial charge in [-0.1, -0.05) is 11.6 Å². The van der Waals surface area contributed by atoms with Crippen LogP contribution in [0.4, 0.5) is 0 Å². The first kappa shape index (κ1) is 15.7. The van der Waals surface area contributed by atoms with Gasteiger partial charge in [0.05, 0.1) is 22.1 Å². The van der Waals surface area contributed by atoms with Gasteiger partial charge in [-0.15, -0.1) is 0 Å². The fourth-order valence-corrected chi connectivity index (χ4v) is 4.40. The topological polar surface area (TPSA) is 101 Å². The molecule has 0 heterocycles. The Morgan fingerprint density at radius 2 is 1.90 bits per heavy atom. The molecule has 0 spiro atoms. The summed E-state index contributed by atoms with van der Waals surface area (Å²) in [5.74, 6) is 0. The van der Waals surface area contributed by atoms with Gasteiger partial charge >= 0.3 is 0 Å². The zero-order chi connectivity index (χ0) is 15.2. The van der Waals surface area contributed by atoms with Crippen LogP contribution < -0.4 is 4.72 Å². The molecule has 1 aromatic rings. The maximum Gasteiger partial charge on any atom is 0.242 e. The van der Waals surface area contributed by atoms with Crippen molar-refractivity contribution in [3.05, 3.63) is 23.2 Å². The van der Waals surface area contributed by atoms with Gasteiger partial charge in [0.15, 0.2) is 9.84 Å². The number of sulfonamides is 1. The van der Waals surface area contributed by atoms with E-state index in [0.29, 0.717) is 12.8 Å². The number of aliphatic hydroxyl groups excluding tert-OH is 1. The molecule has 1 aliphatic carbocycles. The average Bonchev–Trinajstić information content (AvgIpc) is 3.07. The van der Waals surface area contributed by atoms with E-state index in [0.717, 1.165) is 12.3 Å². The van der Waals surface area contributed by atoms with Crippen LogP contribution in [-0.4, -0.2) is 40.3 Å². The van der Waals surface area contributed by atoms with Crippen molar-refractivity contribution in [2.45, 2.75) is 28.2 Å². The molecule has 1 saturated carbocycles. The lowest BCUT2D eigenvalue weighted by Crippen LogP contribution is -2.39. The molecule has 0 aromatic heterocycles. The third kappa shape index (κ3) is 3.15. The Labute approximate surface area is 122 Å². The third-order valence-corrected chi connectivity index (χ3v) is 6.30. The van der Waals surface area contributed by atoms with Crippen LogP contribution in [0.2, 0.25) is 5.02 Å². The van der Waals surface area contributed by atoms with Gasteiger partial charge in [-0.2, -0.15) is 0 Å². The van der Waals surface area contributed by atoms with Crippen molar-refractivity contribution >= 4 is 31.5 Å². The van der Waals surface area contributed by atoms with Crippen LogP contribution in [-0.2, 0) is 19.9 Å². The molecule has 0 saturated heterocycles. The van der Waals surface area contributed by atoms with Crippen molar-refractivity contribution < 1.29 is 21.9 Å². The maximum atomic E-state index is 12.2. The van der Waals surface area contributed by atoms with Gasteiger partial charge in [-0.3, -0.25) is 0 Å². The SMILES string of the molecule is CS(=O)(=O)c1ccc(Cl)c(S(=O)(=O)NC2(CO)CC2)c1. The van der Waals surface area contributed by atoms with Crippen LogP contribution in [0.1, 0.15) is 12.8 Å². The fourth-order valence-electron chi connectivity index (χ4n) is 1.70. The molecule has 0 atom stereocenters. The van der Waals surface area contributed by atoms with E-state index in [-0.39, 0.29) is 21.4 Å². The molecule has 112 valence electrons. The number of hydrogen-bond donors (Lipinski definition) is 2. The van der Waals surface area contributed by atoms with E-state index in [9.17, 15) is 16.8 Å². The Hall–Kier alpha value is -0.670. The summed E-state index contributed by atoms with van der Waals surface area (Å²) in [6.45, 7) is -0.310. The van der Waals surface area contributed by atoms with E-state index in [1.165, 1.54) is 12.1 Å². The van der Waals surface area contributed by atoms with Crippen molar-refractivity contribution in [1.82, 2.24) is 4.72 Å². The quantitative estimate of drug-likeness (QED) is 0.815. The second-order valence-corrected chi connectivity index (χ2v) is 8.98. The van der Waals surface area contributed by atoms with E-state index in [1.807, 2.05) is 0 Å². The van der Waals surface area contributed by atoms with Gasteiger partial charge in [-0.05, 0) is 31.0 Å². The summed E-state index contributed by atoms with van der Waals surface area (Å²) in [5, 5.41) is 9.09. The summed E-state index contributed by atoms with van der Waals surface area (Å²) < 4.78 is 49.8. The molecule has 1 fully saturated rings. The highest BCUT2D eigenvalue weighted by Gasteiger charge is 2.46. The molecule has 0 unspecified atom stereocenters. The van der Waals surface area contributed by atoms with Crippen molar-refractivity contribution in [2.75, 3.05) is 12.9 Å². The molecule has 0 radical (unpaired) electrons. The van der Waals surface area contributed by atoms with Crippen LogP contribution in [0.25, 0.3) is 0 Å². The molecule has 0 bridgehead atoms. The molecule has 6 nitrogen and oxygen atoms in total. The van der Waals surface area contributed by atoms with E-state index >= 15 is 0 Å². The molecule has 2 N–H and O–H groups in total. The fraction of sp³-hybridized carbons (Fsp3) is 0.455. The van der Waals surface area contributed by atoms with Crippen LogP contribution in [0.3, 0.4) is 0 Å². The Balaban J connectivity index is 2.46. The van der Waals surface area contributed by atoms with E-state index in [4.69, 9.17) is 16.7 Å². The molecule has 20 heavy (non-hydrogen) atoms. The molecule has 1 aliphatic rings. The normalized spacial score (nSPS) is 17.9.